The van der Waals surface area contributed by atoms with Gasteiger partial charge in [-0.25, -0.2) is 13.1 Å². The summed E-state index contributed by atoms with van der Waals surface area (Å²) in [5, 5.41) is 3.16. The highest BCUT2D eigenvalue weighted by molar-refractivity contribution is 8.00. The van der Waals surface area contributed by atoms with Crippen LogP contribution in [0.1, 0.15) is 27.2 Å². The Balaban J connectivity index is 2.92. The van der Waals surface area contributed by atoms with Crippen molar-refractivity contribution in [3.63, 3.8) is 0 Å². The Morgan fingerprint density at radius 1 is 1.25 bits per heavy atom. The highest BCUT2D eigenvalue weighted by Crippen LogP contribution is 2.23. The largest absolute Gasteiger partial charge is 0.384 e. The molecule has 1 rings (SSSR count). The molecular formula is C14H24N2O2S2. The smallest absolute Gasteiger partial charge is 0.242 e. The van der Waals surface area contributed by atoms with E-state index < -0.39 is 10.0 Å². The molecule has 0 fully saturated rings. The maximum absolute atomic E-state index is 12.4. The fourth-order valence-electron chi connectivity index (χ4n) is 1.53. The van der Waals surface area contributed by atoms with Crippen molar-refractivity contribution in [2.75, 3.05) is 24.7 Å². The van der Waals surface area contributed by atoms with Gasteiger partial charge in [0.25, 0.3) is 0 Å². The number of rotatable bonds is 8. The highest BCUT2D eigenvalue weighted by atomic mass is 32.2. The second kappa shape index (κ2) is 7.33. The molecule has 4 nitrogen and oxygen atoms in total. The summed E-state index contributed by atoms with van der Waals surface area (Å²) >= 11 is 1.64. The molecule has 0 saturated carbocycles. The van der Waals surface area contributed by atoms with Crippen molar-refractivity contribution in [2.45, 2.75) is 36.8 Å². The first-order valence-electron chi connectivity index (χ1n) is 6.70. The van der Waals surface area contributed by atoms with E-state index in [1.54, 1.807) is 30.0 Å². The average molecular weight is 316 g/mol. The number of sulfonamides is 1. The van der Waals surface area contributed by atoms with Gasteiger partial charge in [-0.05, 0) is 38.7 Å². The van der Waals surface area contributed by atoms with Gasteiger partial charge in [-0.2, -0.15) is 11.8 Å². The van der Waals surface area contributed by atoms with Gasteiger partial charge in [0.1, 0.15) is 4.90 Å². The van der Waals surface area contributed by atoms with Crippen LogP contribution in [-0.4, -0.2) is 32.5 Å². The lowest BCUT2D eigenvalue weighted by molar-refractivity contribution is 0.571. The molecule has 0 radical (unpaired) electrons. The van der Waals surface area contributed by atoms with Crippen LogP contribution in [0.25, 0.3) is 0 Å². The van der Waals surface area contributed by atoms with Crippen LogP contribution in [0.2, 0.25) is 0 Å². The molecule has 2 N–H and O–H groups in total. The fraction of sp³-hybridized carbons (Fsp3) is 0.571. The monoisotopic (exact) mass is 316 g/mol. The van der Waals surface area contributed by atoms with Crippen molar-refractivity contribution in [2.24, 2.45) is 0 Å². The van der Waals surface area contributed by atoms with E-state index in [2.05, 4.69) is 10.0 Å². The molecule has 0 unspecified atom stereocenters. The van der Waals surface area contributed by atoms with Crippen LogP contribution in [0.4, 0.5) is 5.69 Å². The number of thioether (sulfide) groups is 1. The number of nitrogens with one attached hydrogen (secondary N) is 2. The molecule has 20 heavy (non-hydrogen) atoms. The summed E-state index contributed by atoms with van der Waals surface area (Å²) in [6.07, 6.45) is 2.92. The third-order valence-corrected chi connectivity index (χ3v) is 5.69. The molecule has 0 spiro atoms. The number of anilines is 1. The summed E-state index contributed by atoms with van der Waals surface area (Å²) in [6.45, 7) is 7.23. The van der Waals surface area contributed by atoms with E-state index in [1.807, 2.05) is 33.1 Å². The molecule has 0 amide bonds. The standard InChI is InChI=1S/C14H24N2O2S2/c1-5-10-15-12-8-6-7-9-13(12)20(17,18)16-11-14(2,3)19-4/h6-9,15-16H,5,10-11H2,1-4H3. The van der Waals surface area contributed by atoms with Gasteiger partial charge in [0.15, 0.2) is 0 Å². The summed E-state index contributed by atoms with van der Waals surface area (Å²) < 4.78 is 27.4. The quantitative estimate of drug-likeness (QED) is 0.774. The lowest BCUT2D eigenvalue weighted by Gasteiger charge is -2.22. The van der Waals surface area contributed by atoms with E-state index in [1.165, 1.54) is 0 Å². The Morgan fingerprint density at radius 3 is 2.50 bits per heavy atom. The number of para-hydroxylation sites is 1. The van der Waals surface area contributed by atoms with Gasteiger partial charge in [-0.3, -0.25) is 0 Å². The lowest BCUT2D eigenvalue weighted by atomic mass is 10.2. The Kier molecular flexibility index (Phi) is 6.36. The Morgan fingerprint density at radius 2 is 1.90 bits per heavy atom. The Labute approximate surface area is 126 Å². The molecule has 0 aromatic heterocycles. The summed E-state index contributed by atoms with van der Waals surface area (Å²) in [5.41, 5.74) is 0.656. The first-order valence-corrected chi connectivity index (χ1v) is 9.41. The third-order valence-electron chi connectivity index (χ3n) is 2.98. The van der Waals surface area contributed by atoms with Crippen LogP contribution in [0.15, 0.2) is 29.2 Å². The van der Waals surface area contributed by atoms with Crippen LogP contribution < -0.4 is 10.0 Å². The number of hydrogen-bond donors (Lipinski definition) is 2. The number of hydrogen-bond acceptors (Lipinski definition) is 4. The van der Waals surface area contributed by atoms with Gasteiger partial charge in [0.2, 0.25) is 10.0 Å². The van der Waals surface area contributed by atoms with Crippen LogP contribution in [0.3, 0.4) is 0 Å². The second-order valence-corrected chi connectivity index (χ2v) is 8.46. The topological polar surface area (TPSA) is 58.2 Å². The molecule has 6 heteroatoms. The zero-order valence-corrected chi connectivity index (χ0v) is 14.2. The predicted octanol–water partition coefficient (Wildman–Crippen LogP) is 2.93. The van der Waals surface area contributed by atoms with E-state index in [0.717, 1.165) is 13.0 Å². The van der Waals surface area contributed by atoms with E-state index in [0.29, 0.717) is 17.1 Å². The fourth-order valence-corrected chi connectivity index (χ4v) is 3.23. The minimum atomic E-state index is -3.49. The van der Waals surface area contributed by atoms with E-state index in [9.17, 15) is 8.42 Å². The van der Waals surface area contributed by atoms with Crippen molar-refractivity contribution >= 4 is 27.5 Å². The molecule has 1 aromatic carbocycles. The van der Waals surface area contributed by atoms with Crippen molar-refractivity contribution in [1.29, 1.82) is 0 Å². The van der Waals surface area contributed by atoms with Gasteiger partial charge >= 0.3 is 0 Å². The van der Waals surface area contributed by atoms with Gasteiger partial charge in [0, 0.05) is 17.8 Å². The molecule has 0 saturated heterocycles. The van der Waals surface area contributed by atoms with E-state index >= 15 is 0 Å². The number of benzene rings is 1. The summed E-state index contributed by atoms with van der Waals surface area (Å²) in [4.78, 5) is 0.311. The maximum atomic E-state index is 12.4. The average Bonchev–Trinajstić information content (AvgIpc) is 2.43. The van der Waals surface area contributed by atoms with Crippen molar-refractivity contribution < 1.29 is 8.42 Å². The van der Waals surface area contributed by atoms with Crippen LogP contribution in [-0.2, 0) is 10.0 Å². The summed E-state index contributed by atoms with van der Waals surface area (Å²) in [5.74, 6) is 0. The van der Waals surface area contributed by atoms with Gasteiger partial charge in [-0.1, -0.05) is 19.1 Å². The summed E-state index contributed by atoms with van der Waals surface area (Å²) in [6, 6.07) is 7.00. The summed E-state index contributed by atoms with van der Waals surface area (Å²) in [7, 11) is -3.49. The van der Waals surface area contributed by atoms with Crippen molar-refractivity contribution in [1.82, 2.24) is 4.72 Å². The highest BCUT2D eigenvalue weighted by Gasteiger charge is 2.23. The first kappa shape index (κ1) is 17.3. The van der Waals surface area contributed by atoms with E-state index in [-0.39, 0.29) is 4.75 Å². The Bertz CT molecular complexity index is 528. The molecule has 0 bridgehead atoms. The zero-order chi connectivity index (χ0) is 15.2. The molecule has 1 aromatic rings. The lowest BCUT2D eigenvalue weighted by Crippen LogP contribution is -2.36. The van der Waals surface area contributed by atoms with Gasteiger partial charge in [-0.15, -0.1) is 0 Å². The molecule has 0 aliphatic carbocycles. The SMILES string of the molecule is CCCNc1ccccc1S(=O)(=O)NCC(C)(C)SC. The molecular weight excluding hydrogens is 292 g/mol. The zero-order valence-electron chi connectivity index (χ0n) is 12.6. The predicted molar refractivity (Wildman–Crippen MR) is 88.0 cm³/mol. The van der Waals surface area contributed by atoms with Crippen molar-refractivity contribution in [3.8, 4) is 0 Å². The van der Waals surface area contributed by atoms with Crippen LogP contribution in [0, 0.1) is 0 Å². The first-order chi connectivity index (χ1) is 9.32. The van der Waals surface area contributed by atoms with Gasteiger partial charge < -0.3 is 5.32 Å². The molecule has 0 heterocycles. The minimum Gasteiger partial charge on any atom is -0.384 e. The molecule has 114 valence electrons. The Hall–Kier alpha value is -0.720. The molecule has 0 aliphatic heterocycles. The van der Waals surface area contributed by atoms with Gasteiger partial charge in [0.05, 0.1) is 5.69 Å². The van der Waals surface area contributed by atoms with Crippen LogP contribution in [0.5, 0.6) is 0 Å². The van der Waals surface area contributed by atoms with Crippen molar-refractivity contribution in [3.05, 3.63) is 24.3 Å². The van der Waals surface area contributed by atoms with Crippen LogP contribution >= 0.6 is 11.8 Å². The third kappa shape index (κ3) is 5.00. The minimum absolute atomic E-state index is 0.126. The van der Waals surface area contributed by atoms with E-state index in [4.69, 9.17) is 0 Å². The maximum Gasteiger partial charge on any atom is 0.242 e. The second-order valence-electron chi connectivity index (χ2n) is 5.21. The molecule has 0 aliphatic rings. The normalized spacial score (nSPS) is 12.4. The molecule has 0 atom stereocenters.